The molecule has 1 aromatic heterocycles. The normalized spacial score (nSPS) is 10.5. The zero-order valence-electron chi connectivity index (χ0n) is 10.5. The summed E-state index contributed by atoms with van der Waals surface area (Å²) < 4.78 is 1.88. The first-order valence-corrected chi connectivity index (χ1v) is 5.65. The Balaban J connectivity index is 2.12. The van der Waals surface area contributed by atoms with E-state index in [1.165, 1.54) is 16.8 Å². The molecule has 1 heterocycles. The lowest BCUT2D eigenvalue weighted by Crippen LogP contribution is -2.03. The Hall–Kier alpha value is -1.97. The van der Waals surface area contributed by atoms with Crippen LogP contribution in [0.3, 0.4) is 0 Å². The number of hydrogen-bond donors (Lipinski definition) is 2. The van der Waals surface area contributed by atoms with Crippen LogP contribution in [0.5, 0.6) is 0 Å². The molecule has 17 heavy (non-hydrogen) atoms. The molecule has 0 fully saturated rings. The number of aryl methyl sites for hydroxylation is 2. The highest BCUT2D eigenvalue weighted by Crippen LogP contribution is 2.19. The predicted octanol–water partition coefficient (Wildman–Crippen LogP) is 2.23. The monoisotopic (exact) mass is 230 g/mol. The van der Waals surface area contributed by atoms with Crippen molar-refractivity contribution in [2.24, 2.45) is 7.05 Å². The summed E-state index contributed by atoms with van der Waals surface area (Å²) in [5.74, 6) is 0. The van der Waals surface area contributed by atoms with Crippen molar-refractivity contribution in [3.8, 4) is 0 Å². The second-order valence-corrected chi connectivity index (χ2v) is 4.31. The second-order valence-electron chi connectivity index (χ2n) is 4.31. The summed E-state index contributed by atoms with van der Waals surface area (Å²) in [4.78, 5) is 0. The van der Waals surface area contributed by atoms with Crippen molar-refractivity contribution in [2.75, 3.05) is 11.1 Å². The molecular formula is C13H18N4. The van der Waals surface area contributed by atoms with Crippen LogP contribution < -0.4 is 11.1 Å². The number of nitrogens with one attached hydrogen (secondary N) is 1. The van der Waals surface area contributed by atoms with Gasteiger partial charge in [0.25, 0.3) is 0 Å². The highest BCUT2D eigenvalue weighted by molar-refractivity contribution is 5.59. The molecule has 4 nitrogen and oxygen atoms in total. The van der Waals surface area contributed by atoms with Crippen LogP contribution in [0.4, 0.5) is 11.4 Å². The van der Waals surface area contributed by atoms with E-state index in [0.29, 0.717) is 0 Å². The van der Waals surface area contributed by atoms with Gasteiger partial charge in [-0.3, -0.25) is 4.68 Å². The van der Waals surface area contributed by atoms with Gasteiger partial charge in [0, 0.05) is 36.2 Å². The molecule has 2 aromatic rings. The highest BCUT2D eigenvalue weighted by Gasteiger charge is 2.04. The van der Waals surface area contributed by atoms with Gasteiger partial charge in [0.2, 0.25) is 0 Å². The SMILES string of the molecule is Cc1ccc(N)cc1NCc1cnn(C)c1C. The number of hydrogen-bond acceptors (Lipinski definition) is 3. The maximum Gasteiger partial charge on any atom is 0.0542 e. The zero-order valence-corrected chi connectivity index (χ0v) is 10.5. The lowest BCUT2D eigenvalue weighted by molar-refractivity contribution is 0.738. The van der Waals surface area contributed by atoms with Gasteiger partial charge in [-0.25, -0.2) is 0 Å². The van der Waals surface area contributed by atoms with E-state index >= 15 is 0 Å². The maximum absolute atomic E-state index is 5.77. The number of nitrogens with zero attached hydrogens (tertiary/aromatic N) is 2. The minimum Gasteiger partial charge on any atom is -0.399 e. The van der Waals surface area contributed by atoms with Crippen LogP contribution in [-0.4, -0.2) is 9.78 Å². The summed E-state index contributed by atoms with van der Waals surface area (Å²) >= 11 is 0. The van der Waals surface area contributed by atoms with E-state index in [-0.39, 0.29) is 0 Å². The molecule has 4 heteroatoms. The minimum atomic E-state index is 0.768. The van der Waals surface area contributed by atoms with Crippen LogP contribution in [0.15, 0.2) is 24.4 Å². The Morgan fingerprint density at radius 1 is 1.35 bits per heavy atom. The third-order valence-electron chi connectivity index (χ3n) is 3.07. The van der Waals surface area contributed by atoms with Crippen LogP contribution in [-0.2, 0) is 13.6 Å². The number of nitrogen functional groups attached to an aromatic ring is 1. The minimum absolute atomic E-state index is 0.768. The molecule has 90 valence electrons. The Morgan fingerprint density at radius 3 is 2.76 bits per heavy atom. The lowest BCUT2D eigenvalue weighted by atomic mass is 10.1. The van der Waals surface area contributed by atoms with E-state index in [1.54, 1.807) is 0 Å². The maximum atomic E-state index is 5.77. The molecule has 0 radical (unpaired) electrons. The summed E-state index contributed by atoms with van der Waals surface area (Å²) in [6.45, 7) is 4.90. The van der Waals surface area contributed by atoms with E-state index in [1.807, 2.05) is 36.1 Å². The molecule has 0 aliphatic carbocycles. The van der Waals surface area contributed by atoms with Crippen LogP contribution in [0.2, 0.25) is 0 Å². The van der Waals surface area contributed by atoms with Gasteiger partial charge in [0.1, 0.15) is 0 Å². The van der Waals surface area contributed by atoms with Crippen molar-refractivity contribution < 1.29 is 0 Å². The molecule has 0 spiro atoms. The number of nitrogens with two attached hydrogens (primary N) is 1. The van der Waals surface area contributed by atoms with Crippen molar-refractivity contribution in [3.63, 3.8) is 0 Å². The van der Waals surface area contributed by atoms with E-state index < -0.39 is 0 Å². The Kier molecular flexibility index (Phi) is 3.04. The quantitative estimate of drug-likeness (QED) is 0.795. The van der Waals surface area contributed by atoms with E-state index in [2.05, 4.69) is 24.3 Å². The predicted molar refractivity (Wildman–Crippen MR) is 70.9 cm³/mol. The zero-order chi connectivity index (χ0) is 12.4. The molecule has 0 amide bonds. The van der Waals surface area contributed by atoms with Gasteiger partial charge in [-0.2, -0.15) is 5.10 Å². The highest BCUT2D eigenvalue weighted by atomic mass is 15.3. The Bertz CT molecular complexity index is 528. The smallest absolute Gasteiger partial charge is 0.0542 e. The number of anilines is 2. The summed E-state index contributed by atoms with van der Waals surface area (Å²) in [6, 6.07) is 5.89. The third kappa shape index (κ3) is 2.41. The van der Waals surface area contributed by atoms with Gasteiger partial charge in [0.05, 0.1) is 6.20 Å². The van der Waals surface area contributed by atoms with Gasteiger partial charge in [-0.05, 0) is 31.5 Å². The van der Waals surface area contributed by atoms with Crippen LogP contribution in [0.1, 0.15) is 16.8 Å². The second kappa shape index (κ2) is 4.49. The van der Waals surface area contributed by atoms with Gasteiger partial charge in [-0.1, -0.05) is 6.07 Å². The molecule has 3 N–H and O–H groups in total. The molecule has 0 saturated heterocycles. The molecule has 0 unspecified atom stereocenters. The molecule has 0 aliphatic heterocycles. The first kappa shape index (κ1) is 11.5. The van der Waals surface area contributed by atoms with Gasteiger partial charge >= 0.3 is 0 Å². The van der Waals surface area contributed by atoms with Crippen LogP contribution in [0, 0.1) is 13.8 Å². The van der Waals surface area contributed by atoms with Crippen molar-refractivity contribution in [1.29, 1.82) is 0 Å². The standard InChI is InChI=1S/C13H18N4/c1-9-4-5-12(14)6-13(9)15-7-11-8-16-17(3)10(11)2/h4-6,8,15H,7,14H2,1-3H3. The molecule has 0 aliphatic rings. The fourth-order valence-corrected chi connectivity index (χ4v) is 1.74. The van der Waals surface area contributed by atoms with Crippen molar-refractivity contribution >= 4 is 11.4 Å². The first-order valence-electron chi connectivity index (χ1n) is 5.65. The van der Waals surface area contributed by atoms with Crippen molar-refractivity contribution in [3.05, 3.63) is 41.2 Å². The largest absolute Gasteiger partial charge is 0.399 e. The fraction of sp³-hybridized carbons (Fsp3) is 0.308. The van der Waals surface area contributed by atoms with Crippen LogP contribution >= 0.6 is 0 Å². The fourth-order valence-electron chi connectivity index (χ4n) is 1.74. The number of rotatable bonds is 3. The number of aromatic nitrogens is 2. The van der Waals surface area contributed by atoms with Crippen LogP contribution in [0.25, 0.3) is 0 Å². The molecule has 2 rings (SSSR count). The molecule has 0 saturated carbocycles. The van der Waals surface area contributed by atoms with Gasteiger partial charge in [0.15, 0.2) is 0 Å². The number of benzene rings is 1. The molecule has 0 bridgehead atoms. The van der Waals surface area contributed by atoms with E-state index in [4.69, 9.17) is 5.73 Å². The lowest BCUT2D eigenvalue weighted by Gasteiger charge is -2.10. The van der Waals surface area contributed by atoms with Gasteiger partial charge < -0.3 is 11.1 Å². The average Bonchev–Trinajstić information content (AvgIpc) is 2.62. The third-order valence-corrected chi connectivity index (χ3v) is 3.07. The first-order chi connectivity index (χ1) is 8.08. The Morgan fingerprint density at radius 2 is 2.12 bits per heavy atom. The Labute approximate surface area is 101 Å². The summed E-state index contributed by atoms with van der Waals surface area (Å²) in [7, 11) is 1.95. The van der Waals surface area contributed by atoms with E-state index in [0.717, 1.165) is 17.9 Å². The van der Waals surface area contributed by atoms with Crippen molar-refractivity contribution in [2.45, 2.75) is 20.4 Å². The summed E-state index contributed by atoms with van der Waals surface area (Å²) in [5, 5.41) is 7.61. The summed E-state index contributed by atoms with van der Waals surface area (Å²) in [6.07, 6.45) is 1.89. The molecule has 0 atom stereocenters. The van der Waals surface area contributed by atoms with E-state index in [9.17, 15) is 0 Å². The summed E-state index contributed by atoms with van der Waals surface area (Å²) in [5.41, 5.74) is 11.2. The molecule has 1 aromatic carbocycles. The average molecular weight is 230 g/mol. The van der Waals surface area contributed by atoms with Gasteiger partial charge in [-0.15, -0.1) is 0 Å². The van der Waals surface area contributed by atoms with Crippen molar-refractivity contribution in [1.82, 2.24) is 9.78 Å². The topological polar surface area (TPSA) is 55.9 Å². The molecular weight excluding hydrogens is 212 g/mol.